The quantitative estimate of drug-likeness (QED) is 0.249. The van der Waals surface area contributed by atoms with Gasteiger partial charge in [0, 0.05) is 19.4 Å². The number of carbonyl (C=O) groups excluding carboxylic acids is 2. The second-order valence-electron chi connectivity index (χ2n) is 6.60. The molecule has 0 aromatic rings. The number of amides is 2. The lowest BCUT2D eigenvalue weighted by molar-refractivity contribution is -0.138. The maximum Gasteiger partial charge on any atom is 0.303 e. The van der Waals surface area contributed by atoms with Gasteiger partial charge in [-0.1, -0.05) is 6.42 Å². The average molecular weight is 425 g/mol. The average Bonchev–Trinajstić information content (AvgIpc) is 3.07. The smallest absolute Gasteiger partial charge is 0.303 e. The fourth-order valence-electron chi connectivity index (χ4n) is 2.76. The number of unbranched alkanes of at least 4 members (excludes halogenated alkanes) is 1. The van der Waals surface area contributed by atoms with Crippen LogP contribution in [0.25, 0.3) is 0 Å². The molecular formula is C16H28N2O7S2. The predicted octanol–water partition coefficient (Wildman–Crippen LogP) is 0.654. The van der Waals surface area contributed by atoms with Gasteiger partial charge in [-0.3, -0.25) is 18.9 Å². The second kappa shape index (κ2) is 12.2. The molecular weight excluding hydrogens is 396 g/mol. The van der Waals surface area contributed by atoms with Gasteiger partial charge in [0.1, 0.15) is 6.04 Å². The Labute approximate surface area is 163 Å². The molecule has 1 saturated heterocycles. The minimum Gasteiger partial charge on any atom is -0.481 e. The Kier molecular flexibility index (Phi) is 10.7. The molecule has 2 atom stereocenters. The number of rotatable bonds is 13. The van der Waals surface area contributed by atoms with Crippen LogP contribution in [-0.4, -0.2) is 65.7 Å². The molecule has 1 rings (SSSR count). The summed E-state index contributed by atoms with van der Waals surface area (Å²) in [6.45, 7) is -0.323. The highest BCUT2D eigenvalue weighted by Gasteiger charge is 2.22. The van der Waals surface area contributed by atoms with Gasteiger partial charge in [0.15, 0.2) is 0 Å². The van der Waals surface area contributed by atoms with Crippen molar-refractivity contribution < 1.29 is 32.5 Å². The molecule has 1 aliphatic rings. The van der Waals surface area contributed by atoms with Gasteiger partial charge in [-0.15, -0.1) is 0 Å². The number of carboxylic acids is 1. The van der Waals surface area contributed by atoms with Crippen molar-refractivity contribution in [2.75, 3.05) is 23.8 Å². The molecule has 1 fully saturated rings. The van der Waals surface area contributed by atoms with E-state index in [1.165, 1.54) is 17.9 Å². The summed E-state index contributed by atoms with van der Waals surface area (Å²) in [7, 11) is -4.21. The molecule has 0 radical (unpaired) electrons. The number of hydrogen-bond donors (Lipinski definition) is 4. The first-order valence-corrected chi connectivity index (χ1v) is 11.8. The summed E-state index contributed by atoms with van der Waals surface area (Å²) in [4.78, 5) is 34.9. The van der Waals surface area contributed by atoms with Crippen LogP contribution in [0.4, 0.5) is 0 Å². The first kappa shape index (κ1) is 23.7. The fraction of sp³-hybridized carbons (Fsp3) is 0.812. The van der Waals surface area contributed by atoms with Crippen molar-refractivity contribution in [1.82, 2.24) is 10.6 Å². The molecule has 0 saturated carbocycles. The molecule has 0 aromatic heterocycles. The zero-order valence-corrected chi connectivity index (χ0v) is 16.8. The van der Waals surface area contributed by atoms with Crippen molar-refractivity contribution in [3.05, 3.63) is 0 Å². The van der Waals surface area contributed by atoms with E-state index in [-0.39, 0.29) is 31.7 Å². The number of nitrogens with one attached hydrogen (secondary N) is 2. The van der Waals surface area contributed by atoms with Crippen molar-refractivity contribution >= 4 is 39.7 Å². The van der Waals surface area contributed by atoms with Crippen LogP contribution >= 0.6 is 11.8 Å². The van der Waals surface area contributed by atoms with E-state index in [0.717, 1.165) is 18.8 Å². The normalized spacial score (nSPS) is 18.0. The maximum absolute atomic E-state index is 12.1. The number of thioether (sulfide) groups is 1. The van der Waals surface area contributed by atoms with E-state index in [4.69, 9.17) is 9.66 Å². The molecule has 1 heterocycles. The predicted molar refractivity (Wildman–Crippen MR) is 102 cm³/mol. The van der Waals surface area contributed by atoms with Gasteiger partial charge in [-0.2, -0.15) is 20.2 Å². The zero-order chi connectivity index (χ0) is 20.3. The van der Waals surface area contributed by atoms with Gasteiger partial charge in [0.05, 0.1) is 5.75 Å². The molecule has 4 N–H and O–H groups in total. The Hall–Kier alpha value is -1.33. The van der Waals surface area contributed by atoms with E-state index in [1.54, 1.807) is 0 Å². The monoisotopic (exact) mass is 424 g/mol. The van der Waals surface area contributed by atoms with Crippen LogP contribution in [-0.2, 0) is 24.5 Å². The molecule has 2 amide bonds. The van der Waals surface area contributed by atoms with E-state index < -0.39 is 33.8 Å². The third-order valence-electron chi connectivity index (χ3n) is 4.25. The topological polar surface area (TPSA) is 150 Å². The molecule has 0 spiro atoms. The van der Waals surface area contributed by atoms with E-state index >= 15 is 0 Å². The summed E-state index contributed by atoms with van der Waals surface area (Å²) in [5.41, 5.74) is 0. The molecule has 0 aromatic carbocycles. The van der Waals surface area contributed by atoms with Crippen LogP contribution in [0.1, 0.15) is 44.9 Å². The molecule has 2 unspecified atom stereocenters. The Morgan fingerprint density at radius 1 is 1.19 bits per heavy atom. The fourth-order valence-corrected chi connectivity index (χ4v) is 4.45. The highest BCUT2D eigenvalue weighted by Crippen LogP contribution is 2.27. The SMILES string of the molecule is O=C(O)CCC(NC(=O)CCCCC1CCSC1)C(=O)NCCS(=O)(=O)O. The summed E-state index contributed by atoms with van der Waals surface area (Å²) in [6, 6.07) is -1.05. The number of carbonyl (C=O) groups is 3. The minimum absolute atomic E-state index is 0.0991. The lowest BCUT2D eigenvalue weighted by Crippen LogP contribution is -2.47. The van der Waals surface area contributed by atoms with Crippen molar-refractivity contribution in [2.45, 2.75) is 51.0 Å². The lowest BCUT2D eigenvalue weighted by atomic mass is 10.0. The van der Waals surface area contributed by atoms with Crippen LogP contribution in [0.2, 0.25) is 0 Å². The highest BCUT2D eigenvalue weighted by molar-refractivity contribution is 7.99. The van der Waals surface area contributed by atoms with Gasteiger partial charge >= 0.3 is 5.97 Å². The molecule has 9 nitrogen and oxygen atoms in total. The van der Waals surface area contributed by atoms with E-state index in [9.17, 15) is 22.8 Å². The van der Waals surface area contributed by atoms with Gasteiger partial charge in [-0.05, 0) is 43.1 Å². The first-order valence-electron chi connectivity index (χ1n) is 8.99. The third kappa shape index (κ3) is 11.9. The van der Waals surface area contributed by atoms with Crippen LogP contribution in [0.3, 0.4) is 0 Å². The van der Waals surface area contributed by atoms with Crippen molar-refractivity contribution in [1.29, 1.82) is 0 Å². The van der Waals surface area contributed by atoms with Crippen molar-refractivity contribution in [2.24, 2.45) is 5.92 Å². The van der Waals surface area contributed by atoms with Crippen LogP contribution in [0.5, 0.6) is 0 Å². The summed E-state index contributed by atoms with van der Waals surface area (Å²) in [5.74, 6) is 0.324. The highest BCUT2D eigenvalue weighted by atomic mass is 32.2. The van der Waals surface area contributed by atoms with Crippen LogP contribution < -0.4 is 10.6 Å². The molecule has 27 heavy (non-hydrogen) atoms. The van der Waals surface area contributed by atoms with E-state index in [0.29, 0.717) is 6.42 Å². The standard InChI is InChI=1S/C16H28N2O7S2/c19-14(4-2-1-3-12-7-9-26-11-12)18-13(5-6-15(20)21)16(22)17-8-10-27(23,24)25/h12-13H,1-11H2,(H,17,22)(H,18,19)(H,20,21)(H,23,24,25). The Balaban J connectivity index is 2.38. The number of hydrogen-bond acceptors (Lipinski definition) is 6. The van der Waals surface area contributed by atoms with Crippen molar-refractivity contribution in [3.8, 4) is 0 Å². The van der Waals surface area contributed by atoms with Gasteiger partial charge in [0.25, 0.3) is 10.1 Å². The molecule has 0 bridgehead atoms. The molecule has 11 heteroatoms. The maximum atomic E-state index is 12.1. The minimum atomic E-state index is -4.21. The Morgan fingerprint density at radius 2 is 1.93 bits per heavy atom. The number of aliphatic carboxylic acids is 1. The van der Waals surface area contributed by atoms with E-state index in [1.807, 2.05) is 11.8 Å². The summed E-state index contributed by atoms with van der Waals surface area (Å²) in [5, 5.41) is 13.6. The van der Waals surface area contributed by atoms with Crippen LogP contribution in [0, 0.1) is 5.92 Å². The summed E-state index contributed by atoms with van der Waals surface area (Å²) in [6.07, 6.45) is 3.77. The van der Waals surface area contributed by atoms with Crippen LogP contribution in [0.15, 0.2) is 0 Å². The summed E-state index contributed by atoms with van der Waals surface area (Å²) >= 11 is 1.95. The third-order valence-corrected chi connectivity index (χ3v) is 6.20. The Morgan fingerprint density at radius 3 is 2.52 bits per heavy atom. The summed E-state index contributed by atoms with van der Waals surface area (Å²) < 4.78 is 30.0. The number of carboxylic acid groups (broad SMARTS) is 1. The zero-order valence-electron chi connectivity index (χ0n) is 15.2. The first-order chi connectivity index (χ1) is 12.7. The largest absolute Gasteiger partial charge is 0.481 e. The van der Waals surface area contributed by atoms with Gasteiger partial charge in [-0.25, -0.2) is 0 Å². The van der Waals surface area contributed by atoms with Gasteiger partial charge < -0.3 is 15.7 Å². The van der Waals surface area contributed by atoms with E-state index in [2.05, 4.69) is 10.6 Å². The molecule has 0 aliphatic carbocycles. The second-order valence-corrected chi connectivity index (χ2v) is 9.33. The van der Waals surface area contributed by atoms with Crippen molar-refractivity contribution in [3.63, 3.8) is 0 Å². The molecule has 1 aliphatic heterocycles. The lowest BCUT2D eigenvalue weighted by Gasteiger charge is -2.18. The Bertz CT molecular complexity index is 604. The van der Waals surface area contributed by atoms with Gasteiger partial charge in [0.2, 0.25) is 11.8 Å². The molecule has 156 valence electrons.